The molecule has 0 N–H and O–H groups in total. The molecule has 0 radical (unpaired) electrons. The largest absolute Gasteiger partial charge is 0.220 e. The second kappa shape index (κ2) is 3.66. The molecule has 2 aromatic rings. The van der Waals surface area contributed by atoms with Crippen molar-refractivity contribution < 1.29 is 0 Å². The van der Waals surface area contributed by atoms with Gasteiger partial charge in [-0.25, -0.2) is 4.68 Å². The van der Waals surface area contributed by atoms with Crippen molar-refractivity contribution in [1.29, 1.82) is 0 Å². The van der Waals surface area contributed by atoms with E-state index < -0.39 is 0 Å². The summed E-state index contributed by atoms with van der Waals surface area (Å²) in [4.78, 5) is 0. The quantitative estimate of drug-likeness (QED) is 0.742. The van der Waals surface area contributed by atoms with Crippen LogP contribution in [0, 0.1) is 20.8 Å². The molecular formula is C11H12ClN3. The Morgan fingerprint density at radius 1 is 1.13 bits per heavy atom. The highest BCUT2D eigenvalue weighted by atomic mass is 35.5. The Kier molecular flexibility index (Phi) is 2.49. The zero-order valence-corrected chi connectivity index (χ0v) is 9.71. The number of nitrogens with zero attached hydrogens (tertiary/aromatic N) is 3. The molecule has 0 aliphatic heterocycles. The van der Waals surface area contributed by atoms with Gasteiger partial charge < -0.3 is 0 Å². The molecule has 0 aliphatic carbocycles. The van der Waals surface area contributed by atoms with Crippen LogP contribution in [0.2, 0.25) is 5.02 Å². The molecule has 78 valence electrons. The van der Waals surface area contributed by atoms with Crippen LogP contribution in [0.25, 0.3) is 5.69 Å². The summed E-state index contributed by atoms with van der Waals surface area (Å²) in [6.07, 6.45) is 1.91. The summed E-state index contributed by atoms with van der Waals surface area (Å²) in [7, 11) is 0. The van der Waals surface area contributed by atoms with Gasteiger partial charge in [0.25, 0.3) is 0 Å². The van der Waals surface area contributed by atoms with E-state index in [-0.39, 0.29) is 0 Å². The maximum absolute atomic E-state index is 5.97. The lowest BCUT2D eigenvalue weighted by Gasteiger charge is -2.09. The molecule has 0 bridgehead atoms. The van der Waals surface area contributed by atoms with Crippen molar-refractivity contribution >= 4 is 11.6 Å². The number of hydrogen-bond acceptors (Lipinski definition) is 2. The van der Waals surface area contributed by atoms with E-state index in [0.29, 0.717) is 0 Å². The van der Waals surface area contributed by atoms with Crippen molar-refractivity contribution in [2.45, 2.75) is 20.8 Å². The minimum absolute atomic E-state index is 0.755. The van der Waals surface area contributed by atoms with Crippen LogP contribution in [-0.2, 0) is 0 Å². The van der Waals surface area contributed by atoms with Gasteiger partial charge in [-0.2, -0.15) is 0 Å². The summed E-state index contributed by atoms with van der Waals surface area (Å²) in [5, 5.41) is 8.79. The van der Waals surface area contributed by atoms with Crippen LogP contribution in [0.1, 0.15) is 16.8 Å². The fourth-order valence-electron chi connectivity index (χ4n) is 1.72. The van der Waals surface area contributed by atoms with Gasteiger partial charge in [-0.3, -0.25) is 0 Å². The zero-order valence-electron chi connectivity index (χ0n) is 8.95. The molecule has 1 aromatic heterocycles. The minimum atomic E-state index is 0.755. The molecule has 1 aromatic carbocycles. The van der Waals surface area contributed by atoms with Crippen LogP contribution in [-0.4, -0.2) is 15.0 Å². The van der Waals surface area contributed by atoms with E-state index in [9.17, 15) is 0 Å². The number of rotatable bonds is 1. The summed E-state index contributed by atoms with van der Waals surface area (Å²) in [5.74, 6) is 0. The lowest BCUT2D eigenvalue weighted by molar-refractivity contribution is 0.791. The molecule has 0 fully saturated rings. The van der Waals surface area contributed by atoms with Gasteiger partial charge in [0.05, 0.1) is 17.6 Å². The third-order valence-electron chi connectivity index (χ3n) is 2.29. The Morgan fingerprint density at radius 2 is 1.73 bits per heavy atom. The highest BCUT2D eigenvalue weighted by molar-refractivity contribution is 6.30. The Labute approximate surface area is 93.7 Å². The zero-order chi connectivity index (χ0) is 11.0. The molecule has 0 aliphatic rings. The van der Waals surface area contributed by atoms with Gasteiger partial charge in [-0.15, -0.1) is 5.10 Å². The first-order valence-electron chi connectivity index (χ1n) is 4.74. The maximum atomic E-state index is 5.97. The molecule has 1 heterocycles. The third kappa shape index (κ3) is 1.88. The molecule has 0 amide bonds. The van der Waals surface area contributed by atoms with E-state index >= 15 is 0 Å². The molecule has 0 atom stereocenters. The Bertz CT molecular complexity index is 479. The maximum Gasteiger partial charge on any atom is 0.0800 e. The normalized spacial score (nSPS) is 10.7. The Balaban J connectivity index is 2.62. The first kappa shape index (κ1) is 10.2. The van der Waals surface area contributed by atoms with Crippen LogP contribution >= 0.6 is 11.6 Å². The number of aryl methyl sites for hydroxylation is 3. The first-order chi connectivity index (χ1) is 7.08. The highest BCUT2D eigenvalue weighted by Gasteiger charge is 2.07. The Morgan fingerprint density at radius 3 is 2.20 bits per heavy atom. The van der Waals surface area contributed by atoms with Gasteiger partial charge in [0.2, 0.25) is 0 Å². The highest BCUT2D eigenvalue weighted by Crippen LogP contribution is 2.22. The van der Waals surface area contributed by atoms with E-state index in [1.165, 1.54) is 0 Å². The standard InChI is InChI=1S/C11H12ClN3/c1-7-4-10(12)5-8(2)11(7)15-6-9(3)13-14-15/h4-6H,1-3H3. The van der Waals surface area contributed by atoms with Crippen LogP contribution in [0.4, 0.5) is 0 Å². The van der Waals surface area contributed by atoms with Crippen LogP contribution in [0.5, 0.6) is 0 Å². The molecule has 0 saturated carbocycles. The van der Waals surface area contributed by atoms with Crippen molar-refractivity contribution in [2.75, 3.05) is 0 Å². The summed E-state index contributed by atoms with van der Waals surface area (Å²) in [6, 6.07) is 3.86. The van der Waals surface area contributed by atoms with E-state index in [1.807, 2.05) is 39.1 Å². The van der Waals surface area contributed by atoms with Gasteiger partial charge in [0.1, 0.15) is 0 Å². The van der Waals surface area contributed by atoms with Crippen molar-refractivity contribution in [2.24, 2.45) is 0 Å². The van der Waals surface area contributed by atoms with Crippen molar-refractivity contribution in [3.8, 4) is 5.69 Å². The number of hydrogen-bond donors (Lipinski definition) is 0. The predicted octanol–water partition coefficient (Wildman–Crippen LogP) is 2.85. The molecule has 3 nitrogen and oxygen atoms in total. The van der Waals surface area contributed by atoms with Crippen molar-refractivity contribution in [3.63, 3.8) is 0 Å². The average Bonchev–Trinajstić information content (AvgIpc) is 2.49. The van der Waals surface area contributed by atoms with Crippen molar-refractivity contribution in [1.82, 2.24) is 15.0 Å². The summed E-state index contributed by atoms with van der Waals surface area (Å²) >= 11 is 5.97. The lowest BCUT2D eigenvalue weighted by atomic mass is 10.1. The van der Waals surface area contributed by atoms with Crippen LogP contribution < -0.4 is 0 Å². The molecular weight excluding hydrogens is 210 g/mol. The number of aromatic nitrogens is 3. The number of halogens is 1. The van der Waals surface area contributed by atoms with Gasteiger partial charge in [0.15, 0.2) is 0 Å². The first-order valence-corrected chi connectivity index (χ1v) is 5.12. The topological polar surface area (TPSA) is 30.7 Å². The van der Waals surface area contributed by atoms with E-state index in [0.717, 1.165) is 27.5 Å². The molecule has 0 spiro atoms. The molecule has 15 heavy (non-hydrogen) atoms. The summed E-state index contributed by atoms with van der Waals surface area (Å²) in [6.45, 7) is 5.96. The third-order valence-corrected chi connectivity index (χ3v) is 2.51. The molecule has 0 saturated heterocycles. The molecule has 2 rings (SSSR count). The van der Waals surface area contributed by atoms with E-state index in [1.54, 1.807) is 4.68 Å². The van der Waals surface area contributed by atoms with Gasteiger partial charge >= 0.3 is 0 Å². The second-order valence-electron chi connectivity index (χ2n) is 3.69. The lowest BCUT2D eigenvalue weighted by Crippen LogP contribution is -2.01. The van der Waals surface area contributed by atoms with Gasteiger partial charge in [-0.05, 0) is 44.0 Å². The van der Waals surface area contributed by atoms with Gasteiger partial charge in [-0.1, -0.05) is 16.8 Å². The Hall–Kier alpha value is -1.35. The SMILES string of the molecule is Cc1cn(-c2c(C)cc(Cl)cc2C)nn1. The predicted molar refractivity (Wildman–Crippen MR) is 60.6 cm³/mol. The second-order valence-corrected chi connectivity index (χ2v) is 4.13. The van der Waals surface area contributed by atoms with Crippen LogP contribution in [0.15, 0.2) is 18.3 Å². The van der Waals surface area contributed by atoms with E-state index in [2.05, 4.69) is 10.3 Å². The average molecular weight is 222 g/mol. The van der Waals surface area contributed by atoms with Crippen LogP contribution in [0.3, 0.4) is 0 Å². The monoisotopic (exact) mass is 221 g/mol. The fraction of sp³-hybridized carbons (Fsp3) is 0.273. The number of benzene rings is 1. The fourth-order valence-corrected chi connectivity index (χ4v) is 2.05. The molecule has 4 heteroatoms. The minimum Gasteiger partial charge on any atom is -0.220 e. The molecule has 0 unspecified atom stereocenters. The summed E-state index contributed by atoms with van der Waals surface area (Å²) < 4.78 is 1.79. The van der Waals surface area contributed by atoms with Gasteiger partial charge in [0, 0.05) is 5.02 Å². The van der Waals surface area contributed by atoms with Crippen molar-refractivity contribution in [3.05, 3.63) is 40.2 Å². The smallest absolute Gasteiger partial charge is 0.0800 e. The van der Waals surface area contributed by atoms with E-state index in [4.69, 9.17) is 11.6 Å². The summed E-state index contributed by atoms with van der Waals surface area (Å²) in [5.41, 5.74) is 4.17.